The van der Waals surface area contributed by atoms with Gasteiger partial charge in [-0.3, -0.25) is 9.78 Å². The summed E-state index contributed by atoms with van der Waals surface area (Å²) in [7, 11) is 0. The van der Waals surface area contributed by atoms with Gasteiger partial charge in [-0.05, 0) is 48.3 Å². The van der Waals surface area contributed by atoms with Crippen LogP contribution in [0.15, 0.2) is 41.8 Å². The second-order valence-electron chi connectivity index (χ2n) is 6.15. The molecule has 0 spiro atoms. The molecule has 0 radical (unpaired) electrons. The Morgan fingerprint density at radius 1 is 1.43 bits per heavy atom. The van der Waals surface area contributed by atoms with E-state index in [2.05, 4.69) is 21.6 Å². The molecule has 0 N–H and O–H groups in total. The summed E-state index contributed by atoms with van der Waals surface area (Å²) in [5, 5.41) is 3.93. The minimum atomic E-state index is -0.451. The first-order chi connectivity index (χ1) is 10.2. The number of Topliss-reactive ketones (excluding diaryl/α,β-unsaturated/α-hetero) is 1. The highest BCUT2D eigenvalue weighted by Crippen LogP contribution is 2.48. The van der Waals surface area contributed by atoms with Crippen LogP contribution in [0.4, 0.5) is 0 Å². The number of pyridine rings is 1. The summed E-state index contributed by atoms with van der Waals surface area (Å²) in [6, 6.07) is 3.24. The lowest BCUT2D eigenvalue weighted by Gasteiger charge is -2.42. The number of allylic oxidation sites excluding steroid dienone is 1. The molecule has 2 aliphatic rings. The first-order valence-electron chi connectivity index (χ1n) is 7.32. The molecule has 1 unspecified atom stereocenters. The quantitative estimate of drug-likeness (QED) is 0.363. The fraction of sp³-hybridized carbons (Fsp3) is 0.500. The molecule has 3 rings (SSSR count). The Bertz CT molecular complexity index is 606. The number of ketones is 1. The van der Waals surface area contributed by atoms with E-state index in [1.807, 2.05) is 12.1 Å². The molecule has 2 fully saturated rings. The number of azide groups is 1. The predicted molar refractivity (Wildman–Crippen MR) is 79.2 cm³/mol. The monoisotopic (exact) mass is 282 g/mol. The van der Waals surface area contributed by atoms with Gasteiger partial charge < -0.3 is 0 Å². The highest BCUT2D eigenvalue weighted by Gasteiger charge is 2.43. The summed E-state index contributed by atoms with van der Waals surface area (Å²) in [6.07, 6.45) is 6.82. The molecule has 0 amide bonds. The van der Waals surface area contributed by atoms with E-state index in [0.717, 1.165) is 24.8 Å². The Hall–Kier alpha value is -2.13. The maximum Gasteiger partial charge on any atom is 0.137 e. The van der Waals surface area contributed by atoms with Gasteiger partial charge in [-0.2, -0.15) is 0 Å². The molecule has 1 aromatic rings. The molecule has 4 atom stereocenters. The average molecular weight is 282 g/mol. The van der Waals surface area contributed by atoms with Gasteiger partial charge in [-0.15, -0.1) is 0 Å². The van der Waals surface area contributed by atoms with Crippen LogP contribution < -0.4 is 0 Å². The number of hydrogen-bond donors (Lipinski definition) is 0. The highest BCUT2D eigenvalue weighted by molar-refractivity contribution is 5.83. The lowest BCUT2D eigenvalue weighted by atomic mass is 9.62. The van der Waals surface area contributed by atoms with Crippen molar-refractivity contribution in [3.8, 4) is 0 Å². The summed E-state index contributed by atoms with van der Waals surface area (Å²) in [4.78, 5) is 19.6. The number of aromatic nitrogens is 1. The van der Waals surface area contributed by atoms with E-state index in [1.54, 1.807) is 12.4 Å². The first-order valence-corrected chi connectivity index (χ1v) is 7.32. The topological polar surface area (TPSA) is 78.7 Å². The number of hydrogen-bond acceptors (Lipinski definition) is 3. The van der Waals surface area contributed by atoms with Crippen molar-refractivity contribution < 1.29 is 4.79 Å². The van der Waals surface area contributed by atoms with E-state index in [1.165, 1.54) is 5.57 Å². The second-order valence-corrected chi connectivity index (χ2v) is 6.15. The van der Waals surface area contributed by atoms with Gasteiger partial charge in [0.05, 0.1) is 6.04 Å². The van der Waals surface area contributed by atoms with Crippen molar-refractivity contribution >= 4 is 5.78 Å². The van der Waals surface area contributed by atoms with Gasteiger partial charge in [0.1, 0.15) is 5.78 Å². The van der Waals surface area contributed by atoms with Gasteiger partial charge in [0.25, 0.3) is 0 Å². The normalized spacial score (nSPS) is 29.6. The van der Waals surface area contributed by atoms with Gasteiger partial charge >= 0.3 is 0 Å². The SMILES string of the molecule is C=C1C[C@@H]2CC(=O)[C@@H](C(N=[N+]=[N-])c3cccnc3)[C@H](C1)C2. The van der Waals surface area contributed by atoms with E-state index in [4.69, 9.17) is 5.53 Å². The predicted octanol–water partition coefficient (Wildman–Crippen LogP) is 3.99. The summed E-state index contributed by atoms with van der Waals surface area (Å²) >= 11 is 0. The molecule has 5 nitrogen and oxygen atoms in total. The number of carbonyl (C=O) groups excluding carboxylic acids is 1. The van der Waals surface area contributed by atoms with Gasteiger partial charge in [-0.1, -0.05) is 23.3 Å². The molecule has 21 heavy (non-hydrogen) atoms. The van der Waals surface area contributed by atoms with Crippen molar-refractivity contribution in [2.45, 2.75) is 31.7 Å². The number of rotatable bonds is 3. The Labute approximate surface area is 123 Å². The second kappa shape index (κ2) is 5.70. The summed E-state index contributed by atoms with van der Waals surface area (Å²) in [5.74, 6) is 0.664. The van der Waals surface area contributed by atoms with Crippen molar-refractivity contribution in [3.63, 3.8) is 0 Å². The fourth-order valence-corrected chi connectivity index (χ4v) is 3.96. The van der Waals surface area contributed by atoms with Crippen LogP contribution in [0.3, 0.4) is 0 Å². The summed E-state index contributed by atoms with van der Waals surface area (Å²) in [5.41, 5.74) is 10.9. The summed E-state index contributed by atoms with van der Waals surface area (Å²) < 4.78 is 0. The number of fused-ring (bicyclic) bond motifs is 2. The lowest BCUT2D eigenvalue weighted by Crippen LogP contribution is -2.39. The van der Waals surface area contributed by atoms with Crippen LogP contribution in [0, 0.1) is 17.8 Å². The van der Waals surface area contributed by atoms with Crippen LogP contribution in [-0.2, 0) is 4.79 Å². The molecule has 1 heterocycles. The van der Waals surface area contributed by atoms with E-state index in [9.17, 15) is 4.79 Å². The zero-order chi connectivity index (χ0) is 14.8. The number of carbonyl (C=O) groups is 1. The van der Waals surface area contributed by atoms with Crippen molar-refractivity contribution in [3.05, 3.63) is 52.7 Å². The molecule has 0 aromatic carbocycles. The average Bonchev–Trinajstić information content (AvgIpc) is 2.46. The Kier molecular flexibility index (Phi) is 3.76. The zero-order valence-electron chi connectivity index (χ0n) is 11.9. The molecule has 5 heteroatoms. The third-order valence-corrected chi connectivity index (χ3v) is 4.68. The minimum Gasteiger partial charge on any atom is -0.299 e. The largest absolute Gasteiger partial charge is 0.299 e. The van der Waals surface area contributed by atoms with Gasteiger partial charge in [-0.25, -0.2) is 0 Å². The van der Waals surface area contributed by atoms with Gasteiger partial charge in [0.15, 0.2) is 0 Å². The highest BCUT2D eigenvalue weighted by atomic mass is 16.1. The summed E-state index contributed by atoms with van der Waals surface area (Å²) in [6.45, 7) is 4.11. The van der Waals surface area contributed by atoms with E-state index < -0.39 is 6.04 Å². The molecule has 0 saturated heterocycles. The fourth-order valence-electron chi connectivity index (χ4n) is 3.96. The minimum absolute atomic E-state index is 0.227. The molecule has 1 aromatic heterocycles. The standard InChI is InChI=1S/C16H18N4O/c1-10-5-11-7-13(6-10)15(14(21)8-11)16(19-20-17)12-3-2-4-18-9-12/h2-4,9,11,13,15-16H,1,5-8H2/t11-,13+,15-,16?/m0/s1. The maximum atomic E-state index is 12.6. The van der Waals surface area contributed by atoms with Crippen LogP contribution >= 0.6 is 0 Å². The Morgan fingerprint density at radius 3 is 3.00 bits per heavy atom. The molecule has 2 bridgehead atoms. The lowest BCUT2D eigenvalue weighted by molar-refractivity contribution is -0.130. The third kappa shape index (κ3) is 2.69. The van der Waals surface area contributed by atoms with Crippen LogP contribution in [0.25, 0.3) is 10.4 Å². The molecule has 108 valence electrons. The van der Waals surface area contributed by atoms with Crippen molar-refractivity contribution in [2.24, 2.45) is 22.9 Å². The molecule has 2 saturated carbocycles. The third-order valence-electron chi connectivity index (χ3n) is 4.68. The van der Waals surface area contributed by atoms with E-state index in [-0.39, 0.29) is 17.6 Å². The molecular weight excluding hydrogens is 264 g/mol. The van der Waals surface area contributed by atoms with Crippen LogP contribution in [0.1, 0.15) is 37.3 Å². The molecular formula is C16H18N4O. The van der Waals surface area contributed by atoms with E-state index >= 15 is 0 Å². The van der Waals surface area contributed by atoms with Gasteiger partial charge in [0, 0.05) is 29.6 Å². The zero-order valence-corrected chi connectivity index (χ0v) is 11.9. The smallest absolute Gasteiger partial charge is 0.137 e. The van der Waals surface area contributed by atoms with Crippen LogP contribution in [0.5, 0.6) is 0 Å². The van der Waals surface area contributed by atoms with Crippen LogP contribution in [-0.4, -0.2) is 10.8 Å². The Balaban J connectivity index is 1.96. The molecule has 2 aliphatic carbocycles. The van der Waals surface area contributed by atoms with E-state index in [0.29, 0.717) is 12.3 Å². The first kappa shape index (κ1) is 13.8. The van der Waals surface area contributed by atoms with Gasteiger partial charge in [0.2, 0.25) is 0 Å². The van der Waals surface area contributed by atoms with Crippen LogP contribution in [0.2, 0.25) is 0 Å². The Morgan fingerprint density at radius 2 is 2.29 bits per heavy atom. The molecule has 0 aliphatic heterocycles. The van der Waals surface area contributed by atoms with Crippen molar-refractivity contribution in [1.29, 1.82) is 0 Å². The number of nitrogens with zero attached hydrogens (tertiary/aromatic N) is 4. The maximum absolute atomic E-state index is 12.6. The van der Waals surface area contributed by atoms with Crippen molar-refractivity contribution in [1.82, 2.24) is 4.98 Å². The van der Waals surface area contributed by atoms with Crippen molar-refractivity contribution in [2.75, 3.05) is 0 Å².